The first-order chi connectivity index (χ1) is 6.63. The van der Waals surface area contributed by atoms with E-state index in [4.69, 9.17) is 11.6 Å². The minimum absolute atomic E-state index is 0.397. The summed E-state index contributed by atoms with van der Waals surface area (Å²) in [7, 11) is 1.96. The lowest BCUT2D eigenvalue weighted by atomic mass is 10.1. The molecule has 0 saturated carbocycles. The third-order valence-electron chi connectivity index (χ3n) is 2.36. The zero-order valence-electron chi connectivity index (χ0n) is 8.84. The van der Waals surface area contributed by atoms with Crippen LogP contribution in [0.4, 0.5) is 0 Å². The fourth-order valence-electron chi connectivity index (χ4n) is 1.21. The monoisotopic (exact) mass is 209 g/mol. The molecule has 0 fully saturated rings. The minimum atomic E-state index is 0.397. The molecule has 1 aromatic carbocycles. The zero-order chi connectivity index (χ0) is 10.6. The van der Waals surface area contributed by atoms with Crippen LogP contribution < -0.4 is 5.32 Å². The molecule has 76 valence electrons. The quantitative estimate of drug-likeness (QED) is 0.805. The van der Waals surface area contributed by atoms with Gasteiger partial charge in [-0.3, -0.25) is 0 Å². The number of benzene rings is 1. The Labute approximate surface area is 90.8 Å². The molecule has 0 amide bonds. The van der Waals surface area contributed by atoms with E-state index in [9.17, 15) is 0 Å². The van der Waals surface area contributed by atoms with Crippen molar-refractivity contribution in [2.45, 2.75) is 19.9 Å². The van der Waals surface area contributed by atoms with Crippen LogP contribution in [0, 0.1) is 0 Å². The zero-order valence-corrected chi connectivity index (χ0v) is 9.60. The van der Waals surface area contributed by atoms with Crippen LogP contribution in [0.15, 0.2) is 29.8 Å². The molecule has 1 aromatic rings. The van der Waals surface area contributed by atoms with E-state index in [0.717, 1.165) is 10.6 Å². The van der Waals surface area contributed by atoms with Gasteiger partial charge in [0.15, 0.2) is 0 Å². The minimum Gasteiger partial charge on any atom is -0.314 e. The van der Waals surface area contributed by atoms with E-state index >= 15 is 0 Å². The number of halogens is 1. The van der Waals surface area contributed by atoms with Crippen LogP contribution in [0.1, 0.15) is 19.4 Å². The standard InChI is InChI=1S/C12H16ClN/c1-9(10(2)14-3)7-11-5-4-6-12(13)8-11/h4-8,10,14H,1-3H3/b9-7+. The van der Waals surface area contributed by atoms with Gasteiger partial charge in [0, 0.05) is 11.1 Å². The molecule has 0 bridgehead atoms. The van der Waals surface area contributed by atoms with Gasteiger partial charge in [-0.05, 0) is 38.6 Å². The van der Waals surface area contributed by atoms with Crippen molar-refractivity contribution in [1.82, 2.24) is 5.32 Å². The van der Waals surface area contributed by atoms with Crippen LogP contribution in [-0.2, 0) is 0 Å². The van der Waals surface area contributed by atoms with Crippen molar-refractivity contribution in [3.8, 4) is 0 Å². The molecule has 0 saturated heterocycles. The molecule has 1 N–H and O–H groups in total. The smallest absolute Gasteiger partial charge is 0.0411 e. The molecule has 1 atom stereocenters. The predicted octanol–water partition coefficient (Wildman–Crippen LogP) is 3.35. The number of rotatable bonds is 3. The lowest BCUT2D eigenvalue weighted by Gasteiger charge is -2.10. The molecule has 14 heavy (non-hydrogen) atoms. The molecule has 0 radical (unpaired) electrons. The summed E-state index contributed by atoms with van der Waals surface area (Å²) >= 11 is 5.90. The molecule has 2 heteroatoms. The van der Waals surface area contributed by atoms with E-state index < -0.39 is 0 Å². The first-order valence-electron chi connectivity index (χ1n) is 4.74. The summed E-state index contributed by atoms with van der Waals surface area (Å²) < 4.78 is 0. The highest BCUT2D eigenvalue weighted by Gasteiger charge is 1.99. The second-order valence-corrected chi connectivity index (χ2v) is 3.89. The molecular weight excluding hydrogens is 194 g/mol. The van der Waals surface area contributed by atoms with E-state index in [1.165, 1.54) is 5.57 Å². The van der Waals surface area contributed by atoms with Crippen LogP contribution in [-0.4, -0.2) is 13.1 Å². The maximum Gasteiger partial charge on any atom is 0.0411 e. The summed E-state index contributed by atoms with van der Waals surface area (Å²) in [4.78, 5) is 0. The molecule has 0 aliphatic carbocycles. The van der Waals surface area contributed by atoms with Crippen LogP contribution in [0.25, 0.3) is 6.08 Å². The normalized spacial score (nSPS) is 14.1. The molecular formula is C12H16ClN. The second kappa shape index (κ2) is 5.18. The van der Waals surface area contributed by atoms with Crippen molar-refractivity contribution in [3.05, 3.63) is 40.4 Å². The first-order valence-corrected chi connectivity index (χ1v) is 5.12. The van der Waals surface area contributed by atoms with Gasteiger partial charge >= 0.3 is 0 Å². The van der Waals surface area contributed by atoms with Gasteiger partial charge in [-0.25, -0.2) is 0 Å². The summed E-state index contributed by atoms with van der Waals surface area (Å²) in [5.41, 5.74) is 2.45. The Morgan fingerprint density at radius 1 is 1.50 bits per heavy atom. The van der Waals surface area contributed by atoms with E-state index in [-0.39, 0.29) is 0 Å². The molecule has 0 aliphatic heterocycles. The van der Waals surface area contributed by atoms with Crippen LogP contribution in [0.5, 0.6) is 0 Å². The summed E-state index contributed by atoms with van der Waals surface area (Å²) in [5.74, 6) is 0. The Kier molecular flexibility index (Phi) is 4.18. The average Bonchev–Trinajstić information content (AvgIpc) is 2.16. The van der Waals surface area contributed by atoms with Crippen molar-refractivity contribution >= 4 is 17.7 Å². The predicted molar refractivity (Wildman–Crippen MR) is 63.6 cm³/mol. The van der Waals surface area contributed by atoms with Gasteiger partial charge < -0.3 is 5.32 Å². The van der Waals surface area contributed by atoms with Crippen molar-refractivity contribution in [1.29, 1.82) is 0 Å². The molecule has 1 unspecified atom stereocenters. The lowest BCUT2D eigenvalue weighted by Crippen LogP contribution is -2.21. The molecule has 0 aromatic heterocycles. The molecule has 1 rings (SSSR count). The van der Waals surface area contributed by atoms with E-state index in [1.807, 2.05) is 25.2 Å². The fourth-order valence-corrected chi connectivity index (χ4v) is 1.41. The van der Waals surface area contributed by atoms with Gasteiger partial charge in [0.05, 0.1) is 0 Å². The third kappa shape index (κ3) is 3.17. The topological polar surface area (TPSA) is 12.0 Å². The average molecular weight is 210 g/mol. The van der Waals surface area contributed by atoms with Gasteiger partial charge in [0.1, 0.15) is 0 Å². The molecule has 0 heterocycles. The SMILES string of the molecule is CNC(C)/C(C)=C/c1cccc(Cl)c1. The van der Waals surface area contributed by atoms with Crippen LogP contribution in [0.3, 0.4) is 0 Å². The van der Waals surface area contributed by atoms with Crippen molar-refractivity contribution in [2.24, 2.45) is 0 Å². The number of hydrogen-bond acceptors (Lipinski definition) is 1. The molecule has 0 spiro atoms. The Balaban J connectivity index is 2.86. The summed E-state index contributed by atoms with van der Waals surface area (Å²) in [6.45, 7) is 4.25. The van der Waals surface area contributed by atoms with Gasteiger partial charge in [-0.2, -0.15) is 0 Å². The fraction of sp³-hybridized carbons (Fsp3) is 0.333. The highest BCUT2D eigenvalue weighted by atomic mass is 35.5. The summed E-state index contributed by atoms with van der Waals surface area (Å²) in [6, 6.07) is 8.26. The first kappa shape index (κ1) is 11.3. The van der Waals surface area contributed by atoms with E-state index in [1.54, 1.807) is 0 Å². The number of nitrogens with one attached hydrogen (secondary N) is 1. The second-order valence-electron chi connectivity index (χ2n) is 3.45. The largest absolute Gasteiger partial charge is 0.314 e. The van der Waals surface area contributed by atoms with Crippen molar-refractivity contribution in [3.63, 3.8) is 0 Å². The molecule has 0 aliphatic rings. The lowest BCUT2D eigenvalue weighted by molar-refractivity contribution is 0.696. The van der Waals surface area contributed by atoms with E-state index in [0.29, 0.717) is 6.04 Å². The summed E-state index contributed by atoms with van der Waals surface area (Å²) in [6.07, 6.45) is 2.15. The Morgan fingerprint density at radius 3 is 2.79 bits per heavy atom. The van der Waals surface area contributed by atoms with Gasteiger partial charge in [0.2, 0.25) is 0 Å². The van der Waals surface area contributed by atoms with Crippen LogP contribution >= 0.6 is 11.6 Å². The number of likely N-dealkylation sites (N-methyl/N-ethyl adjacent to an activating group) is 1. The highest BCUT2D eigenvalue weighted by molar-refractivity contribution is 6.30. The van der Waals surface area contributed by atoms with Gasteiger partial charge in [0.25, 0.3) is 0 Å². The van der Waals surface area contributed by atoms with Crippen molar-refractivity contribution in [2.75, 3.05) is 7.05 Å². The maximum absolute atomic E-state index is 5.90. The van der Waals surface area contributed by atoms with Crippen molar-refractivity contribution < 1.29 is 0 Å². The van der Waals surface area contributed by atoms with Gasteiger partial charge in [-0.15, -0.1) is 0 Å². The van der Waals surface area contributed by atoms with Crippen LogP contribution in [0.2, 0.25) is 5.02 Å². The molecule has 1 nitrogen and oxygen atoms in total. The maximum atomic E-state index is 5.90. The summed E-state index contributed by atoms with van der Waals surface area (Å²) in [5, 5.41) is 3.98. The van der Waals surface area contributed by atoms with Gasteiger partial charge in [-0.1, -0.05) is 35.4 Å². The number of hydrogen-bond donors (Lipinski definition) is 1. The van der Waals surface area contributed by atoms with E-state index in [2.05, 4.69) is 31.3 Å². The Hall–Kier alpha value is -0.790. The Morgan fingerprint density at radius 2 is 2.21 bits per heavy atom. The third-order valence-corrected chi connectivity index (χ3v) is 2.59. The Bertz CT molecular complexity index is 331. The highest BCUT2D eigenvalue weighted by Crippen LogP contribution is 2.14.